The summed E-state index contributed by atoms with van der Waals surface area (Å²) >= 11 is 0. The lowest BCUT2D eigenvalue weighted by molar-refractivity contribution is -0.116. The van der Waals surface area contributed by atoms with Crippen molar-refractivity contribution in [2.75, 3.05) is 16.0 Å². The van der Waals surface area contributed by atoms with Gasteiger partial charge in [-0.2, -0.15) is 0 Å². The van der Waals surface area contributed by atoms with E-state index in [0.717, 1.165) is 33.4 Å². The first-order valence-corrected chi connectivity index (χ1v) is 20.0. The lowest BCUT2D eigenvalue weighted by atomic mass is 9.84. The number of phenolic OH excluding ortho intramolecular Hbond substituents is 2. The lowest BCUT2D eigenvalue weighted by Gasteiger charge is -2.22. The molecule has 58 heavy (non-hydrogen) atoms. The number of carbonyl (C=O) groups is 3. The molecule has 0 atom stereocenters. The van der Waals surface area contributed by atoms with E-state index in [4.69, 9.17) is 13.6 Å². The molecule has 0 saturated carbocycles. The summed E-state index contributed by atoms with van der Waals surface area (Å²) in [4.78, 5) is 37.6. The van der Waals surface area contributed by atoms with E-state index in [1.165, 1.54) is 6.92 Å². The maximum Gasteiger partial charge on any atom is 0.530 e. The van der Waals surface area contributed by atoms with E-state index >= 15 is 0 Å². The number of amides is 3. The van der Waals surface area contributed by atoms with Gasteiger partial charge in [-0.3, -0.25) is 14.4 Å². The number of aromatic hydroxyl groups is 2. The smallest absolute Gasteiger partial charge is 0.507 e. The van der Waals surface area contributed by atoms with Gasteiger partial charge < -0.3 is 39.7 Å². The molecule has 5 aromatic carbocycles. The first-order chi connectivity index (χ1) is 27.2. The van der Waals surface area contributed by atoms with Crippen LogP contribution in [0.3, 0.4) is 0 Å². The van der Waals surface area contributed by atoms with Gasteiger partial charge in [0, 0.05) is 24.0 Å². The number of nitrogens with one attached hydrogen (secondary N) is 3. The van der Waals surface area contributed by atoms with Crippen molar-refractivity contribution in [3.8, 4) is 28.7 Å². The predicted molar refractivity (Wildman–Crippen MR) is 230 cm³/mol. The summed E-state index contributed by atoms with van der Waals surface area (Å²) in [5, 5.41) is 29.7. The van der Waals surface area contributed by atoms with Crippen molar-refractivity contribution in [1.29, 1.82) is 0 Å². The monoisotopic (exact) mass is 805 g/mol. The largest absolute Gasteiger partial charge is 0.530 e. The van der Waals surface area contributed by atoms with E-state index in [2.05, 4.69) is 16.0 Å². The number of rotatable bonds is 13. The van der Waals surface area contributed by atoms with Crippen LogP contribution in [0.4, 0.5) is 17.1 Å². The zero-order chi connectivity index (χ0) is 42.4. The fourth-order valence-electron chi connectivity index (χ4n) is 6.15. The van der Waals surface area contributed by atoms with Gasteiger partial charge in [-0.05, 0) is 131 Å². The quantitative estimate of drug-likeness (QED) is 0.0737. The zero-order valence-electron chi connectivity index (χ0n) is 34.4. The average molecular weight is 806 g/mol. The van der Waals surface area contributed by atoms with Crippen LogP contribution >= 0.6 is 8.60 Å². The Kier molecular flexibility index (Phi) is 13.4. The summed E-state index contributed by atoms with van der Waals surface area (Å²) < 4.78 is 18.5. The van der Waals surface area contributed by atoms with Gasteiger partial charge in [0.15, 0.2) is 0 Å². The number of hydrogen-bond acceptors (Lipinski definition) is 8. The van der Waals surface area contributed by atoms with Crippen LogP contribution < -0.4 is 29.5 Å². The Morgan fingerprint density at radius 1 is 0.534 bits per heavy atom. The molecule has 5 N–H and O–H groups in total. The molecule has 5 aromatic rings. The Balaban J connectivity index is 1.26. The summed E-state index contributed by atoms with van der Waals surface area (Å²) in [5.74, 6) is 1.16. The van der Waals surface area contributed by atoms with Gasteiger partial charge >= 0.3 is 8.60 Å². The fraction of sp³-hybridized carbons (Fsp3) is 0.283. The third kappa shape index (κ3) is 12.0. The van der Waals surface area contributed by atoms with Crippen LogP contribution in [-0.4, -0.2) is 27.9 Å². The van der Waals surface area contributed by atoms with Crippen LogP contribution in [-0.2, 0) is 38.1 Å². The SMILES string of the molecule is CC(=O)Nc1ccc(OP(Oc2ccc(NC(=O)Cc3cc(C)c(O)c(C(C)(C)C)c3)cc2)Oc2ccc(NC(=O)Cc3cc(C)c(O)c(C(C)(C)C)c3)cc2)cc1. The molecule has 0 saturated heterocycles. The van der Waals surface area contributed by atoms with Crippen LogP contribution in [0.1, 0.15) is 81.8 Å². The molecule has 5 rings (SSSR count). The molecule has 0 heterocycles. The summed E-state index contributed by atoms with van der Waals surface area (Å²) in [7, 11) is -2.08. The van der Waals surface area contributed by atoms with Crippen LogP contribution in [0.15, 0.2) is 97.1 Å². The van der Waals surface area contributed by atoms with E-state index in [0.29, 0.717) is 34.3 Å². The molecule has 0 spiro atoms. The Morgan fingerprint density at radius 3 is 1.14 bits per heavy atom. The van der Waals surface area contributed by atoms with E-state index < -0.39 is 8.60 Å². The van der Waals surface area contributed by atoms with E-state index in [1.54, 1.807) is 72.8 Å². The van der Waals surface area contributed by atoms with E-state index in [9.17, 15) is 24.6 Å². The Hall–Kier alpha value is -6.06. The van der Waals surface area contributed by atoms with Crippen LogP contribution in [0.5, 0.6) is 28.7 Å². The second-order valence-corrected chi connectivity index (χ2v) is 17.3. The summed E-state index contributed by atoms with van der Waals surface area (Å²) in [6, 6.07) is 27.8. The number of anilines is 3. The first-order valence-electron chi connectivity index (χ1n) is 18.9. The van der Waals surface area contributed by atoms with Crippen molar-refractivity contribution in [3.63, 3.8) is 0 Å². The number of phenols is 2. The maximum absolute atomic E-state index is 13.0. The number of hydrogen-bond donors (Lipinski definition) is 5. The summed E-state index contributed by atoms with van der Waals surface area (Å²) in [5.41, 5.74) is 5.79. The minimum Gasteiger partial charge on any atom is -0.507 e. The van der Waals surface area contributed by atoms with Gasteiger partial charge in [-0.1, -0.05) is 65.8 Å². The highest BCUT2D eigenvalue weighted by molar-refractivity contribution is 7.43. The minimum atomic E-state index is -2.08. The van der Waals surface area contributed by atoms with Crippen LogP contribution in [0.25, 0.3) is 0 Å². The second-order valence-electron chi connectivity index (χ2n) is 16.3. The second kappa shape index (κ2) is 18.0. The number of aryl methyl sites for hydroxylation is 2. The Morgan fingerprint density at radius 2 is 0.845 bits per heavy atom. The van der Waals surface area contributed by atoms with Gasteiger partial charge in [-0.15, -0.1) is 0 Å². The summed E-state index contributed by atoms with van der Waals surface area (Å²) in [6.07, 6.45) is 0.268. The molecule has 304 valence electrons. The van der Waals surface area contributed by atoms with Crippen LogP contribution in [0.2, 0.25) is 0 Å². The zero-order valence-corrected chi connectivity index (χ0v) is 35.3. The van der Waals surface area contributed by atoms with Gasteiger partial charge in [0.2, 0.25) is 17.7 Å². The molecular weight excluding hydrogens is 753 g/mol. The topological polar surface area (TPSA) is 155 Å². The standard InChI is InChI=1S/C46H52N3O8P/c1-28-22-31(24-39(43(28)53)45(4,5)6)26-41(51)48-34-12-18-37(19-13-34)56-58(55-36-16-10-33(11-17-36)47-30(3)50)57-38-20-14-35(15-21-38)49-42(52)27-32-23-29(2)44(54)40(25-32)46(7,8)9/h10-25,53-54H,26-27H2,1-9H3,(H,47,50)(H,48,51)(H,49,52). The highest BCUT2D eigenvalue weighted by atomic mass is 31.2. The highest BCUT2D eigenvalue weighted by Gasteiger charge is 2.23. The van der Waals surface area contributed by atoms with E-state index in [-0.39, 0.29) is 52.9 Å². The van der Waals surface area contributed by atoms with Gasteiger partial charge in [0.1, 0.15) is 28.7 Å². The fourth-order valence-corrected chi connectivity index (χ4v) is 7.15. The van der Waals surface area contributed by atoms with Crippen molar-refractivity contribution in [3.05, 3.63) is 130 Å². The van der Waals surface area contributed by atoms with Crippen molar-refractivity contribution >= 4 is 43.4 Å². The number of benzene rings is 5. The molecule has 0 aliphatic heterocycles. The molecule has 0 aliphatic carbocycles. The van der Waals surface area contributed by atoms with Gasteiger partial charge in [-0.25, -0.2) is 0 Å². The van der Waals surface area contributed by atoms with Crippen LogP contribution in [0, 0.1) is 13.8 Å². The van der Waals surface area contributed by atoms with Crippen molar-refractivity contribution < 1.29 is 38.2 Å². The molecular formula is C46H52N3O8P. The van der Waals surface area contributed by atoms with Crippen molar-refractivity contribution in [1.82, 2.24) is 0 Å². The molecule has 0 aliphatic rings. The predicted octanol–water partition coefficient (Wildman–Crippen LogP) is 10.4. The average Bonchev–Trinajstić information content (AvgIpc) is 3.12. The molecule has 12 heteroatoms. The van der Waals surface area contributed by atoms with Crippen molar-refractivity contribution in [2.45, 2.75) is 86.0 Å². The first kappa shape index (κ1) is 43.1. The third-order valence-electron chi connectivity index (χ3n) is 9.06. The number of carbonyl (C=O) groups excluding carboxylic acids is 3. The van der Waals surface area contributed by atoms with Gasteiger partial charge in [0.25, 0.3) is 0 Å². The Labute approximate surface area is 341 Å². The molecule has 0 radical (unpaired) electrons. The Bertz CT molecular complexity index is 2130. The molecule has 11 nitrogen and oxygen atoms in total. The highest BCUT2D eigenvalue weighted by Crippen LogP contribution is 2.43. The normalized spacial score (nSPS) is 11.5. The minimum absolute atomic E-state index is 0.134. The van der Waals surface area contributed by atoms with E-state index in [1.807, 2.05) is 79.7 Å². The molecule has 0 fully saturated rings. The van der Waals surface area contributed by atoms with Gasteiger partial charge in [0.05, 0.1) is 12.8 Å². The maximum atomic E-state index is 13.0. The van der Waals surface area contributed by atoms with Crippen molar-refractivity contribution in [2.24, 2.45) is 0 Å². The molecule has 0 bridgehead atoms. The molecule has 0 unspecified atom stereocenters. The summed E-state index contributed by atoms with van der Waals surface area (Å²) in [6.45, 7) is 17.2. The molecule has 3 amide bonds. The molecule has 0 aromatic heterocycles. The third-order valence-corrected chi connectivity index (χ3v) is 10.1. The lowest BCUT2D eigenvalue weighted by Crippen LogP contribution is -2.16.